The number of carbonyl (C=O) groups excluding carboxylic acids is 1. The molecule has 0 heterocycles. The summed E-state index contributed by atoms with van der Waals surface area (Å²) in [6, 6.07) is 28.5. The number of ether oxygens (including phenoxy) is 1. The van der Waals surface area contributed by atoms with Crippen LogP contribution in [0.1, 0.15) is 5.56 Å². The minimum Gasteiger partial charge on any atom is -0.507 e. The molecule has 5 heteroatoms. The van der Waals surface area contributed by atoms with Crippen LogP contribution >= 0.6 is 0 Å². The van der Waals surface area contributed by atoms with Crippen molar-refractivity contribution < 1.29 is 14.6 Å². The number of amides is 1. The van der Waals surface area contributed by atoms with Gasteiger partial charge in [-0.25, -0.2) is 5.43 Å². The molecule has 4 aromatic carbocycles. The second-order valence-electron chi connectivity index (χ2n) is 6.66. The molecule has 148 valence electrons. The van der Waals surface area contributed by atoms with Crippen molar-refractivity contribution in [3.05, 3.63) is 96.6 Å². The van der Waals surface area contributed by atoms with Gasteiger partial charge < -0.3 is 9.84 Å². The molecule has 0 atom stereocenters. The number of rotatable bonds is 6. The van der Waals surface area contributed by atoms with Crippen LogP contribution in [0, 0.1) is 0 Å². The van der Waals surface area contributed by atoms with Gasteiger partial charge in [0.15, 0.2) is 6.61 Å². The fourth-order valence-corrected chi connectivity index (χ4v) is 3.21. The average molecular weight is 396 g/mol. The largest absolute Gasteiger partial charge is 0.507 e. The molecule has 0 aromatic heterocycles. The summed E-state index contributed by atoms with van der Waals surface area (Å²) in [4.78, 5) is 12.2. The molecule has 2 N–H and O–H groups in total. The number of para-hydroxylation sites is 1. The van der Waals surface area contributed by atoms with E-state index in [-0.39, 0.29) is 12.4 Å². The average Bonchev–Trinajstić information content (AvgIpc) is 2.80. The van der Waals surface area contributed by atoms with Crippen LogP contribution in [0.3, 0.4) is 0 Å². The van der Waals surface area contributed by atoms with Crippen molar-refractivity contribution in [3.8, 4) is 22.6 Å². The first kappa shape index (κ1) is 19.2. The van der Waals surface area contributed by atoms with Crippen molar-refractivity contribution in [1.82, 2.24) is 5.43 Å². The van der Waals surface area contributed by atoms with E-state index in [4.69, 9.17) is 4.74 Å². The Morgan fingerprint density at radius 3 is 2.50 bits per heavy atom. The summed E-state index contributed by atoms with van der Waals surface area (Å²) < 4.78 is 5.71. The Morgan fingerprint density at radius 2 is 1.63 bits per heavy atom. The number of fused-ring (bicyclic) bond motifs is 1. The minimum absolute atomic E-state index is 0.0970. The molecule has 0 aliphatic heterocycles. The zero-order valence-corrected chi connectivity index (χ0v) is 16.2. The van der Waals surface area contributed by atoms with E-state index in [0.717, 1.165) is 21.9 Å². The summed E-state index contributed by atoms with van der Waals surface area (Å²) in [6.07, 6.45) is 1.44. The Hall–Kier alpha value is -4.12. The molecule has 0 spiro atoms. The lowest BCUT2D eigenvalue weighted by molar-refractivity contribution is -0.123. The fourth-order valence-electron chi connectivity index (χ4n) is 3.21. The predicted octanol–water partition coefficient (Wildman–Crippen LogP) is 4.74. The second-order valence-corrected chi connectivity index (χ2v) is 6.66. The van der Waals surface area contributed by atoms with Crippen molar-refractivity contribution in [2.24, 2.45) is 5.10 Å². The first-order valence-corrected chi connectivity index (χ1v) is 9.52. The lowest BCUT2D eigenvalue weighted by Crippen LogP contribution is -2.24. The lowest BCUT2D eigenvalue weighted by atomic mass is 10.0. The number of phenolic OH excluding ortho intramolecular Hbond substituents is 1. The molecular formula is C25H20N2O3. The van der Waals surface area contributed by atoms with Gasteiger partial charge in [-0.1, -0.05) is 78.9 Å². The molecule has 0 unspecified atom stereocenters. The molecular weight excluding hydrogens is 376 g/mol. The van der Waals surface area contributed by atoms with Crippen molar-refractivity contribution in [2.45, 2.75) is 0 Å². The van der Waals surface area contributed by atoms with Crippen molar-refractivity contribution >= 4 is 22.9 Å². The Bertz CT molecular complexity index is 1200. The molecule has 4 rings (SSSR count). The first-order chi connectivity index (χ1) is 14.7. The van der Waals surface area contributed by atoms with Crippen LogP contribution in [0.15, 0.2) is 96.1 Å². The van der Waals surface area contributed by atoms with Gasteiger partial charge in [0.2, 0.25) is 0 Å². The number of nitrogens with one attached hydrogen (secondary N) is 1. The second kappa shape index (κ2) is 8.92. The van der Waals surface area contributed by atoms with Gasteiger partial charge in [-0.05, 0) is 28.5 Å². The van der Waals surface area contributed by atoms with E-state index in [1.54, 1.807) is 6.07 Å². The number of phenols is 1. The zero-order valence-electron chi connectivity index (χ0n) is 16.2. The molecule has 0 fully saturated rings. The molecule has 0 saturated carbocycles. The number of benzene rings is 4. The van der Waals surface area contributed by atoms with Gasteiger partial charge >= 0.3 is 0 Å². The summed E-state index contributed by atoms with van der Waals surface area (Å²) in [7, 11) is 0. The molecule has 0 saturated heterocycles. The Balaban J connectivity index is 1.42. The number of hydrogen-bond acceptors (Lipinski definition) is 4. The summed E-state index contributed by atoms with van der Waals surface area (Å²) in [5, 5.41) is 15.9. The lowest BCUT2D eigenvalue weighted by Gasteiger charge is -2.11. The van der Waals surface area contributed by atoms with Gasteiger partial charge in [0.25, 0.3) is 5.91 Å². The van der Waals surface area contributed by atoms with Gasteiger partial charge in [-0.2, -0.15) is 5.10 Å². The SMILES string of the molecule is O=C(COc1ccccc1-c1ccccc1)N/N=C/c1c(O)ccc2ccccc12. The van der Waals surface area contributed by atoms with Crippen LogP contribution in [0.4, 0.5) is 0 Å². The van der Waals surface area contributed by atoms with Gasteiger partial charge in [-0.15, -0.1) is 0 Å². The van der Waals surface area contributed by atoms with E-state index >= 15 is 0 Å². The Morgan fingerprint density at radius 1 is 0.900 bits per heavy atom. The molecule has 5 nitrogen and oxygen atoms in total. The molecule has 30 heavy (non-hydrogen) atoms. The first-order valence-electron chi connectivity index (χ1n) is 9.52. The van der Waals surface area contributed by atoms with Crippen LogP contribution < -0.4 is 10.2 Å². The molecule has 0 bridgehead atoms. The smallest absolute Gasteiger partial charge is 0.277 e. The van der Waals surface area contributed by atoms with Crippen LogP contribution in [-0.4, -0.2) is 23.8 Å². The molecule has 4 aromatic rings. The van der Waals surface area contributed by atoms with Crippen LogP contribution in [0.25, 0.3) is 21.9 Å². The zero-order chi connectivity index (χ0) is 20.8. The third-order valence-corrected chi connectivity index (χ3v) is 4.66. The summed E-state index contributed by atoms with van der Waals surface area (Å²) in [5.74, 6) is 0.322. The van der Waals surface area contributed by atoms with E-state index in [1.807, 2.05) is 84.9 Å². The van der Waals surface area contributed by atoms with E-state index in [0.29, 0.717) is 11.3 Å². The van der Waals surface area contributed by atoms with Crippen LogP contribution in [0.5, 0.6) is 11.5 Å². The number of hydrogen-bond donors (Lipinski definition) is 2. The highest BCUT2D eigenvalue weighted by molar-refractivity contribution is 6.02. The standard InChI is InChI=1S/C25H20N2O3/c28-23-15-14-19-10-4-5-11-20(19)22(23)16-26-27-25(29)17-30-24-13-7-6-12-21(24)18-8-2-1-3-9-18/h1-16,28H,17H2,(H,27,29)/b26-16+. The van der Waals surface area contributed by atoms with Gasteiger partial charge in [0.05, 0.1) is 6.21 Å². The number of hydrazone groups is 1. The molecule has 0 aliphatic rings. The Labute approximate surface area is 174 Å². The topological polar surface area (TPSA) is 70.9 Å². The minimum atomic E-state index is -0.395. The van der Waals surface area contributed by atoms with E-state index in [1.165, 1.54) is 6.21 Å². The van der Waals surface area contributed by atoms with Crippen molar-refractivity contribution in [3.63, 3.8) is 0 Å². The maximum Gasteiger partial charge on any atom is 0.277 e. The highest BCUT2D eigenvalue weighted by Gasteiger charge is 2.08. The number of carbonyl (C=O) groups is 1. The van der Waals surface area contributed by atoms with Gasteiger partial charge in [-0.3, -0.25) is 4.79 Å². The van der Waals surface area contributed by atoms with Crippen molar-refractivity contribution in [2.75, 3.05) is 6.61 Å². The molecule has 0 aliphatic carbocycles. The number of aromatic hydroxyl groups is 1. The maximum absolute atomic E-state index is 12.2. The Kier molecular flexibility index (Phi) is 5.71. The highest BCUT2D eigenvalue weighted by atomic mass is 16.5. The molecule has 0 radical (unpaired) electrons. The van der Waals surface area contributed by atoms with E-state index < -0.39 is 5.91 Å². The van der Waals surface area contributed by atoms with Gasteiger partial charge in [0.1, 0.15) is 11.5 Å². The normalized spacial score (nSPS) is 10.9. The highest BCUT2D eigenvalue weighted by Crippen LogP contribution is 2.29. The summed E-state index contributed by atoms with van der Waals surface area (Å²) in [5.41, 5.74) is 4.92. The summed E-state index contributed by atoms with van der Waals surface area (Å²) >= 11 is 0. The summed E-state index contributed by atoms with van der Waals surface area (Å²) in [6.45, 7) is -0.178. The van der Waals surface area contributed by atoms with E-state index in [2.05, 4.69) is 10.5 Å². The quantitative estimate of drug-likeness (QED) is 0.365. The maximum atomic E-state index is 12.2. The predicted molar refractivity (Wildman–Crippen MR) is 119 cm³/mol. The van der Waals surface area contributed by atoms with E-state index in [9.17, 15) is 9.90 Å². The molecule has 1 amide bonds. The van der Waals surface area contributed by atoms with Crippen LogP contribution in [0.2, 0.25) is 0 Å². The fraction of sp³-hybridized carbons (Fsp3) is 0.0400. The third-order valence-electron chi connectivity index (χ3n) is 4.66. The monoisotopic (exact) mass is 396 g/mol. The van der Waals surface area contributed by atoms with Crippen LogP contribution in [-0.2, 0) is 4.79 Å². The number of nitrogens with zero attached hydrogens (tertiary/aromatic N) is 1. The third kappa shape index (κ3) is 4.31. The van der Waals surface area contributed by atoms with Crippen molar-refractivity contribution in [1.29, 1.82) is 0 Å². The van der Waals surface area contributed by atoms with Gasteiger partial charge in [0, 0.05) is 11.1 Å².